The summed E-state index contributed by atoms with van der Waals surface area (Å²) in [6.07, 6.45) is 0.0781. The Labute approximate surface area is 203 Å². The van der Waals surface area contributed by atoms with Crippen LogP contribution in [0.2, 0.25) is 0 Å². The van der Waals surface area contributed by atoms with E-state index in [0.717, 1.165) is 13.1 Å². The fourth-order valence-corrected chi connectivity index (χ4v) is 4.90. The van der Waals surface area contributed by atoms with E-state index < -0.39 is 11.4 Å². The Morgan fingerprint density at radius 1 is 0.941 bits per heavy atom. The van der Waals surface area contributed by atoms with Crippen LogP contribution in [0.25, 0.3) is 0 Å². The lowest BCUT2D eigenvalue weighted by Gasteiger charge is -2.33. The van der Waals surface area contributed by atoms with Crippen LogP contribution in [-0.2, 0) is 36.8 Å². The normalized spacial score (nSPS) is 25.9. The number of esters is 1. The molecule has 1 saturated carbocycles. The van der Waals surface area contributed by atoms with Crippen LogP contribution in [0.1, 0.15) is 52.2 Å². The molecule has 1 aliphatic heterocycles. The van der Waals surface area contributed by atoms with E-state index in [2.05, 4.69) is 53.4 Å². The van der Waals surface area contributed by atoms with Gasteiger partial charge >= 0.3 is 5.97 Å². The van der Waals surface area contributed by atoms with Crippen LogP contribution >= 0.6 is 0 Å². The number of carbonyl (C=O) groups is 1. The Kier molecular flexibility index (Phi) is 7.43. The monoisotopic (exact) mass is 467 g/mol. The molecule has 6 nitrogen and oxygen atoms in total. The van der Waals surface area contributed by atoms with E-state index in [4.69, 9.17) is 18.9 Å². The third-order valence-electron chi connectivity index (χ3n) is 6.14. The van der Waals surface area contributed by atoms with Crippen LogP contribution in [0, 0.1) is 0 Å². The molecule has 184 valence electrons. The molecular weight excluding hydrogens is 430 g/mol. The summed E-state index contributed by atoms with van der Waals surface area (Å²) in [6.45, 7) is 10.9. The average Bonchev–Trinajstić information content (AvgIpc) is 3.25. The number of fused-ring (bicyclic) bond motifs is 1. The van der Waals surface area contributed by atoms with Crippen molar-refractivity contribution < 1.29 is 23.7 Å². The SMILES string of the molecule is CC(C)(C)OC(=O)CO[C@H]1C[C@@H](N(Cc2ccccc2)Cc2ccccc2)[C@@H]2OC(C)(C)OC12. The lowest BCUT2D eigenvalue weighted by molar-refractivity contribution is -0.179. The quantitative estimate of drug-likeness (QED) is 0.524. The zero-order chi connectivity index (χ0) is 24.3. The van der Waals surface area contributed by atoms with Gasteiger partial charge in [-0.3, -0.25) is 4.90 Å². The summed E-state index contributed by atoms with van der Waals surface area (Å²) in [5.74, 6) is -1.07. The molecule has 1 unspecified atom stereocenters. The summed E-state index contributed by atoms with van der Waals surface area (Å²) in [6, 6.07) is 21.0. The van der Waals surface area contributed by atoms with Crippen LogP contribution in [0.15, 0.2) is 60.7 Å². The second-order valence-electron chi connectivity index (χ2n) is 10.7. The minimum Gasteiger partial charge on any atom is -0.458 e. The number of benzene rings is 2. The highest BCUT2D eigenvalue weighted by Gasteiger charge is 2.56. The van der Waals surface area contributed by atoms with E-state index >= 15 is 0 Å². The number of hydrogen-bond donors (Lipinski definition) is 0. The fourth-order valence-electron chi connectivity index (χ4n) is 4.90. The highest BCUT2D eigenvalue weighted by atomic mass is 16.8. The van der Waals surface area contributed by atoms with E-state index in [1.165, 1.54) is 11.1 Å². The Balaban J connectivity index is 1.54. The Morgan fingerprint density at radius 2 is 1.47 bits per heavy atom. The largest absolute Gasteiger partial charge is 0.458 e. The molecule has 34 heavy (non-hydrogen) atoms. The lowest BCUT2D eigenvalue weighted by atomic mass is 10.1. The van der Waals surface area contributed by atoms with Crippen molar-refractivity contribution in [1.82, 2.24) is 4.90 Å². The van der Waals surface area contributed by atoms with Gasteiger partial charge in [-0.15, -0.1) is 0 Å². The van der Waals surface area contributed by atoms with Gasteiger partial charge in [-0.2, -0.15) is 0 Å². The van der Waals surface area contributed by atoms with Crippen molar-refractivity contribution >= 4 is 5.97 Å². The van der Waals surface area contributed by atoms with Crippen molar-refractivity contribution in [2.75, 3.05) is 6.61 Å². The second kappa shape index (κ2) is 10.2. The summed E-state index contributed by atoms with van der Waals surface area (Å²) in [7, 11) is 0. The van der Waals surface area contributed by atoms with Crippen LogP contribution in [0.3, 0.4) is 0 Å². The first-order valence-electron chi connectivity index (χ1n) is 12.1. The fraction of sp³-hybridized carbons (Fsp3) is 0.536. The topological polar surface area (TPSA) is 57.2 Å². The molecule has 0 amide bonds. The lowest BCUT2D eigenvalue weighted by Crippen LogP contribution is -2.42. The van der Waals surface area contributed by atoms with Crippen molar-refractivity contribution in [2.24, 2.45) is 0 Å². The van der Waals surface area contributed by atoms with Gasteiger partial charge in [0.15, 0.2) is 5.79 Å². The number of hydrogen-bond acceptors (Lipinski definition) is 6. The van der Waals surface area contributed by atoms with Gasteiger partial charge in [-0.05, 0) is 52.2 Å². The number of carbonyl (C=O) groups excluding carboxylic acids is 1. The maximum Gasteiger partial charge on any atom is 0.332 e. The third-order valence-corrected chi connectivity index (χ3v) is 6.14. The predicted octanol–water partition coefficient (Wildman–Crippen LogP) is 4.71. The Hall–Kier alpha value is -2.25. The van der Waals surface area contributed by atoms with Crippen molar-refractivity contribution in [1.29, 1.82) is 0 Å². The molecule has 0 aromatic heterocycles. The average molecular weight is 468 g/mol. The van der Waals surface area contributed by atoms with E-state index in [9.17, 15) is 4.79 Å². The maximum atomic E-state index is 12.3. The minimum atomic E-state index is -0.702. The first-order valence-corrected chi connectivity index (χ1v) is 12.1. The van der Waals surface area contributed by atoms with Crippen LogP contribution in [-0.4, -0.2) is 53.2 Å². The zero-order valence-corrected chi connectivity index (χ0v) is 20.9. The van der Waals surface area contributed by atoms with Crippen LogP contribution in [0.4, 0.5) is 0 Å². The first kappa shape index (κ1) is 24.9. The summed E-state index contributed by atoms with van der Waals surface area (Å²) >= 11 is 0. The van der Waals surface area contributed by atoms with Crippen LogP contribution < -0.4 is 0 Å². The van der Waals surface area contributed by atoms with Gasteiger partial charge in [0.05, 0.1) is 6.10 Å². The second-order valence-corrected chi connectivity index (χ2v) is 10.7. The minimum absolute atomic E-state index is 0.0795. The van der Waals surface area contributed by atoms with Gasteiger partial charge in [0.1, 0.15) is 24.4 Å². The van der Waals surface area contributed by atoms with Gasteiger partial charge in [0.25, 0.3) is 0 Å². The molecule has 6 heteroatoms. The zero-order valence-electron chi connectivity index (χ0n) is 20.9. The van der Waals surface area contributed by atoms with E-state index in [-0.39, 0.29) is 36.9 Å². The molecule has 2 aliphatic rings. The summed E-state index contributed by atoms with van der Waals surface area (Å²) in [4.78, 5) is 14.8. The van der Waals surface area contributed by atoms with Crippen molar-refractivity contribution in [3.63, 3.8) is 0 Å². The molecular formula is C28H37NO5. The first-order chi connectivity index (χ1) is 16.1. The molecule has 0 radical (unpaired) electrons. The molecule has 4 rings (SSSR count). The van der Waals surface area contributed by atoms with Gasteiger partial charge in [0, 0.05) is 19.1 Å². The van der Waals surface area contributed by atoms with Crippen molar-refractivity contribution in [2.45, 2.75) is 89.9 Å². The van der Waals surface area contributed by atoms with E-state index in [1.807, 2.05) is 46.8 Å². The molecule has 4 atom stereocenters. The van der Waals surface area contributed by atoms with Gasteiger partial charge in [-0.25, -0.2) is 4.79 Å². The molecule has 0 spiro atoms. The standard InChI is InChI=1S/C28H37NO5/c1-27(2,3)32-24(30)19-31-23-16-22(25-26(23)34-28(4,5)33-25)29(17-20-12-8-6-9-13-20)18-21-14-10-7-11-15-21/h6-15,22-23,25-26H,16-19H2,1-5H3/t22-,23+,25+,26?/m1/s1. The number of nitrogens with zero attached hydrogens (tertiary/aromatic N) is 1. The highest BCUT2D eigenvalue weighted by molar-refractivity contribution is 5.71. The molecule has 1 heterocycles. The van der Waals surface area contributed by atoms with Crippen LogP contribution in [0.5, 0.6) is 0 Å². The molecule has 2 aromatic rings. The Morgan fingerprint density at radius 3 is 2.00 bits per heavy atom. The molecule has 0 bridgehead atoms. The number of rotatable bonds is 8. The highest BCUT2D eigenvalue weighted by Crippen LogP contribution is 2.42. The molecule has 1 aliphatic carbocycles. The molecule has 2 aromatic carbocycles. The summed E-state index contributed by atoms with van der Waals surface area (Å²) in [5, 5.41) is 0. The van der Waals surface area contributed by atoms with E-state index in [0.29, 0.717) is 6.42 Å². The van der Waals surface area contributed by atoms with Gasteiger partial charge in [0.2, 0.25) is 0 Å². The summed E-state index contributed by atoms with van der Waals surface area (Å²) < 4.78 is 24.2. The maximum absolute atomic E-state index is 12.3. The molecule has 0 N–H and O–H groups in total. The van der Waals surface area contributed by atoms with Crippen molar-refractivity contribution in [3.8, 4) is 0 Å². The Bertz CT molecular complexity index is 899. The van der Waals surface area contributed by atoms with Gasteiger partial charge < -0.3 is 18.9 Å². The third kappa shape index (κ3) is 6.45. The van der Waals surface area contributed by atoms with Gasteiger partial charge in [-0.1, -0.05) is 60.7 Å². The van der Waals surface area contributed by atoms with Crippen molar-refractivity contribution in [3.05, 3.63) is 71.8 Å². The predicted molar refractivity (Wildman–Crippen MR) is 130 cm³/mol. The molecule has 1 saturated heterocycles. The summed E-state index contributed by atoms with van der Waals surface area (Å²) in [5.41, 5.74) is 1.94. The number of ether oxygens (including phenoxy) is 4. The van der Waals surface area contributed by atoms with E-state index in [1.54, 1.807) is 0 Å². The smallest absolute Gasteiger partial charge is 0.332 e. The molecule has 2 fully saturated rings.